The van der Waals surface area contributed by atoms with Crippen LogP contribution in [-0.4, -0.2) is 13.2 Å². The van der Waals surface area contributed by atoms with E-state index in [1.54, 1.807) is 0 Å². The molecule has 0 saturated heterocycles. The normalized spacial score (nSPS) is 11.6. The molecule has 5 aromatic rings. The van der Waals surface area contributed by atoms with Crippen LogP contribution in [0.25, 0.3) is 39.7 Å². The molecule has 0 fully saturated rings. The van der Waals surface area contributed by atoms with Gasteiger partial charge in [0.25, 0.3) is 0 Å². The summed E-state index contributed by atoms with van der Waals surface area (Å²) in [6.45, 7) is 6.21. The van der Waals surface area contributed by atoms with Crippen LogP contribution < -0.4 is 9.47 Å². The van der Waals surface area contributed by atoms with Crippen molar-refractivity contribution in [2.24, 2.45) is 0 Å². The van der Waals surface area contributed by atoms with Gasteiger partial charge in [-0.3, -0.25) is 0 Å². The van der Waals surface area contributed by atoms with E-state index in [0.29, 0.717) is 0 Å². The van der Waals surface area contributed by atoms with Crippen molar-refractivity contribution in [2.45, 2.75) is 142 Å². The molecule has 266 valence electrons. The van der Waals surface area contributed by atoms with Crippen LogP contribution in [-0.2, 0) is 0 Å². The topological polar surface area (TPSA) is 18.5 Å². The molecular formula is C44H60O2S3. The van der Waals surface area contributed by atoms with Crippen LogP contribution in [0.5, 0.6) is 11.5 Å². The highest BCUT2D eigenvalue weighted by Crippen LogP contribution is 2.48. The Labute approximate surface area is 309 Å². The molecule has 0 spiro atoms. The van der Waals surface area contributed by atoms with Gasteiger partial charge in [0.15, 0.2) is 0 Å². The van der Waals surface area contributed by atoms with Crippen molar-refractivity contribution in [3.8, 4) is 32.4 Å². The van der Waals surface area contributed by atoms with Gasteiger partial charge in [-0.1, -0.05) is 129 Å². The molecule has 0 amide bonds. The second-order valence-electron chi connectivity index (χ2n) is 13.8. The molecular weight excluding hydrogens is 657 g/mol. The van der Waals surface area contributed by atoms with E-state index in [4.69, 9.17) is 9.47 Å². The standard InChI is InChI=1S/C44H60O2S3/c1-3-5-7-9-11-13-15-17-19-21-31-45-37-27-23-35(24-28-37)39-33-41-43(48-39)44-42(47-41)34-40(49-44)36-25-29-38(30-26-36)46-32-22-20-18-16-14-12-10-8-6-4-2/h23-30,33-34H,3-22,31-32H2,1-2H3. The van der Waals surface area contributed by atoms with Crippen molar-refractivity contribution in [1.82, 2.24) is 0 Å². The molecule has 0 bridgehead atoms. The number of hydrogen-bond donors (Lipinski definition) is 0. The van der Waals surface area contributed by atoms with Crippen LogP contribution in [0.2, 0.25) is 0 Å². The van der Waals surface area contributed by atoms with Crippen molar-refractivity contribution in [1.29, 1.82) is 0 Å². The number of ether oxygens (including phenoxy) is 2. The van der Waals surface area contributed by atoms with Gasteiger partial charge in [0.05, 0.1) is 22.6 Å². The van der Waals surface area contributed by atoms with E-state index >= 15 is 0 Å². The number of benzene rings is 2. The van der Waals surface area contributed by atoms with Gasteiger partial charge in [0, 0.05) is 19.2 Å². The quantitative estimate of drug-likeness (QED) is 0.0531. The summed E-state index contributed by atoms with van der Waals surface area (Å²) in [5.41, 5.74) is 2.55. The van der Waals surface area contributed by atoms with Gasteiger partial charge in [-0.15, -0.1) is 34.0 Å². The average Bonchev–Trinajstić information content (AvgIpc) is 3.82. The third kappa shape index (κ3) is 12.4. The highest BCUT2D eigenvalue weighted by atomic mass is 32.1. The Morgan fingerprint density at radius 2 is 0.714 bits per heavy atom. The minimum Gasteiger partial charge on any atom is -0.494 e. The minimum absolute atomic E-state index is 0.818. The Morgan fingerprint density at radius 3 is 1.06 bits per heavy atom. The van der Waals surface area contributed by atoms with Crippen LogP contribution in [0.4, 0.5) is 0 Å². The van der Waals surface area contributed by atoms with E-state index in [0.717, 1.165) is 37.6 Å². The summed E-state index contributed by atoms with van der Waals surface area (Å²) in [5, 5.41) is 0. The van der Waals surface area contributed by atoms with Crippen molar-refractivity contribution >= 4 is 52.8 Å². The predicted molar refractivity (Wildman–Crippen MR) is 221 cm³/mol. The third-order valence-corrected chi connectivity index (χ3v) is 13.5. The summed E-state index contributed by atoms with van der Waals surface area (Å²) in [6, 6.07) is 22.2. The molecule has 0 aliphatic heterocycles. The molecule has 0 aliphatic carbocycles. The molecule has 0 saturated carbocycles. The lowest BCUT2D eigenvalue weighted by molar-refractivity contribution is 0.304. The lowest BCUT2D eigenvalue weighted by Gasteiger charge is -2.07. The first kappa shape index (κ1) is 37.9. The summed E-state index contributed by atoms with van der Waals surface area (Å²) >= 11 is 5.76. The number of fused-ring (bicyclic) bond motifs is 3. The Kier molecular flexibility index (Phi) is 16.8. The maximum Gasteiger partial charge on any atom is 0.119 e. The molecule has 0 aliphatic rings. The largest absolute Gasteiger partial charge is 0.494 e. The molecule has 5 rings (SSSR count). The van der Waals surface area contributed by atoms with Crippen LogP contribution in [0, 0.1) is 0 Å². The van der Waals surface area contributed by atoms with Crippen LogP contribution in [0.1, 0.15) is 142 Å². The summed E-state index contributed by atoms with van der Waals surface area (Å²) in [5.74, 6) is 1.97. The van der Waals surface area contributed by atoms with Crippen molar-refractivity contribution in [2.75, 3.05) is 13.2 Å². The van der Waals surface area contributed by atoms with Crippen molar-refractivity contribution in [3.05, 3.63) is 60.7 Å². The van der Waals surface area contributed by atoms with E-state index < -0.39 is 0 Å². The third-order valence-electron chi connectivity index (χ3n) is 9.63. The number of thiophene rings is 3. The zero-order valence-electron chi connectivity index (χ0n) is 30.4. The summed E-state index contributed by atoms with van der Waals surface area (Å²) in [6.07, 6.45) is 27.0. The first-order valence-electron chi connectivity index (χ1n) is 19.7. The Hall–Kier alpha value is -2.34. The lowest BCUT2D eigenvalue weighted by atomic mass is 10.1. The van der Waals surface area contributed by atoms with Gasteiger partial charge >= 0.3 is 0 Å². The predicted octanol–water partition coefficient (Wildman–Crippen LogP) is 16.1. The van der Waals surface area contributed by atoms with Gasteiger partial charge in [-0.25, -0.2) is 0 Å². The molecule has 0 unspecified atom stereocenters. The highest BCUT2D eigenvalue weighted by molar-refractivity contribution is 7.40. The first-order chi connectivity index (χ1) is 24.2. The zero-order chi connectivity index (χ0) is 33.9. The monoisotopic (exact) mass is 716 g/mol. The maximum atomic E-state index is 6.07. The lowest BCUT2D eigenvalue weighted by Crippen LogP contribution is -1.97. The molecule has 3 aromatic heterocycles. The Balaban J connectivity index is 1.02. The first-order valence-corrected chi connectivity index (χ1v) is 22.1. The van der Waals surface area contributed by atoms with Gasteiger partial charge in [0.2, 0.25) is 0 Å². The zero-order valence-corrected chi connectivity index (χ0v) is 32.8. The molecule has 0 atom stereocenters. The van der Waals surface area contributed by atoms with E-state index in [1.165, 1.54) is 155 Å². The molecule has 3 heterocycles. The van der Waals surface area contributed by atoms with Gasteiger partial charge in [-0.2, -0.15) is 0 Å². The fraction of sp³-hybridized carbons (Fsp3) is 0.545. The van der Waals surface area contributed by atoms with Crippen LogP contribution >= 0.6 is 34.0 Å². The second kappa shape index (κ2) is 21.8. The van der Waals surface area contributed by atoms with Crippen molar-refractivity contribution in [3.63, 3.8) is 0 Å². The highest BCUT2D eigenvalue weighted by Gasteiger charge is 2.15. The summed E-state index contributed by atoms with van der Waals surface area (Å²) in [4.78, 5) is 2.67. The fourth-order valence-electron chi connectivity index (χ4n) is 6.61. The molecule has 49 heavy (non-hydrogen) atoms. The molecule has 2 aromatic carbocycles. The van der Waals surface area contributed by atoms with Crippen molar-refractivity contribution < 1.29 is 9.47 Å². The van der Waals surface area contributed by atoms with E-state index in [1.807, 2.05) is 34.0 Å². The number of unbranched alkanes of at least 4 members (excludes halogenated alkanes) is 18. The van der Waals surface area contributed by atoms with Gasteiger partial charge < -0.3 is 9.47 Å². The summed E-state index contributed by atoms with van der Waals surface area (Å²) < 4.78 is 17.8. The Morgan fingerprint density at radius 1 is 0.388 bits per heavy atom. The van der Waals surface area contributed by atoms with Crippen LogP contribution in [0.15, 0.2) is 60.7 Å². The fourth-order valence-corrected chi connectivity index (χ4v) is 10.6. The second-order valence-corrected chi connectivity index (χ2v) is 17.0. The van der Waals surface area contributed by atoms with Gasteiger partial charge in [-0.05, 0) is 84.6 Å². The molecule has 2 nitrogen and oxygen atoms in total. The smallest absolute Gasteiger partial charge is 0.119 e. The average molecular weight is 717 g/mol. The molecule has 0 N–H and O–H groups in total. The van der Waals surface area contributed by atoms with Gasteiger partial charge in [0.1, 0.15) is 11.5 Å². The van der Waals surface area contributed by atoms with E-state index in [9.17, 15) is 0 Å². The van der Waals surface area contributed by atoms with Crippen LogP contribution in [0.3, 0.4) is 0 Å². The van der Waals surface area contributed by atoms with E-state index in [2.05, 4.69) is 74.5 Å². The SMILES string of the molecule is CCCCCCCCCCCCOc1ccc(-c2cc3sc4cc(-c5ccc(OCCCCCCCCCCCC)cc5)sc4c3s2)cc1. The number of rotatable bonds is 26. The van der Waals surface area contributed by atoms with E-state index in [-0.39, 0.29) is 0 Å². The molecule has 0 radical (unpaired) electrons. The Bertz CT molecular complexity index is 1470. The minimum atomic E-state index is 0.818. The number of hydrogen-bond acceptors (Lipinski definition) is 5. The maximum absolute atomic E-state index is 6.07. The summed E-state index contributed by atoms with van der Waals surface area (Å²) in [7, 11) is 0. The molecule has 5 heteroatoms.